The van der Waals surface area contributed by atoms with E-state index in [2.05, 4.69) is 36.4 Å². The smallest absolute Gasteiger partial charge is 0.224 e. The first-order valence-electron chi connectivity index (χ1n) is 7.97. The van der Waals surface area contributed by atoms with Gasteiger partial charge in [0.15, 0.2) is 0 Å². The molecule has 0 aliphatic heterocycles. The lowest BCUT2D eigenvalue weighted by molar-refractivity contribution is -0.122. The van der Waals surface area contributed by atoms with Crippen molar-refractivity contribution in [3.63, 3.8) is 0 Å². The number of nitrogens with zero attached hydrogens (tertiary/aromatic N) is 2. The molecular weight excluding hydrogens is 274 g/mol. The highest BCUT2D eigenvalue weighted by molar-refractivity contribution is 5.82. The first-order valence-corrected chi connectivity index (χ1v) is 7.97. The van der Waals surface area contributed by atoms with E-state index in [9.17, 15) is 4.79 Å². The predicted octanol–water partition coefficient (Wildman–Crippen LogP) is 2.94. The number of carbonyl (C=O) groups excluding carboxylic acids is 1. The van der Waals surface area contributed by atoms with E-state index in [0.29, 0.717) is 12.5 Å². The van der Waals surface area contributed by atoms with Gasteiger partial charge in [-0.1, -0.05) is 30.3 Å². The number of benzene rings is 1. The van der Waals surface area contributed by atoms with Crippen molar-refractivity contribution in [1.82, 2.24) is 15.1 Å². The minimum absolute atomic E-state index is 0.129. The predicted molar refractivity (Wildman–Crippen MR) is 86.5 cm³/mol. The Bertz CT molecular complexity index is 675. The molecule has 2 aromatic rings. The summed E-state index contributed by atoms with van der Waals surface area (Å²) < 4.78 is 1.99. The molecule has 0 spiro atoms. The van der Waals surface area contributed by atoms with Gasteiger partial charge >= 0.3 is 0 Å². The summed E-state index contributed by atoms with van der Waals surface area (Å²) in [6, 6.07) is 10.3. The van der Waals surface area contributed by atoms with E-state index in [1.165, 1.54) is 5.56 Å². The molecule has 1 heterocycles. The Labute approximate surface area is 131 Å². The molecule has 2 atom stereocenters. The first kappa shape index (κ1) is 14.8. The monoisotopic (exact) mass is 297 g/mol. The van der Waals surface area contributed by atoms with Crippen LogP contribution in [-0.2, 0) is 17.9 Å². The van der Waals surface area contributed by atoms with E-state index in [0.717, 1.165) is 29.9 Å². The summed E-state index contributed by atoms with van der Waals surface area (Å²) in [6.45, 7) is 7.59. The molecule has 22 heavy (non-hydrogen) atoms. The van der Waals surface area contributed by atoms with Gasteiger partial charge in [0.25, 0.3) is 0 Å². The number of aryl methyl sites for hydroxylation is 2. The van der Waals surface area contributed by atoms with Gasteiger partial charge in [-0.15, -0.1) is 0 Å². The third kappa shape index (κ3) is 2.78. The van der Waals surface area contributed by atoms with Crippen molar-refractivity contribution in [3.05, 3.63) is 52.8 Å². The normalized spacial score (nSPS) is 20.0. The second-order valence-electron chi connectivity index (χ2n) is 6.04. The van der Waals surface area contributed by atoms with E-state index in [-0.39, 0.29) is 11.8 Å². The van der Waals surface area contributed by atoms with Crippen LogP contribution in [0.5, 0.6) is 0 Å². The molecule has 1 saturated carbocycles. The van der Waals surface area contributed by atoms with Gasteiger partial charge in [0.2, 0.25) is 5.91 Å². The Kier molecular flexibility index (Phi) is 4.01. The molecule has 3 rings (SSSR count). The Morgan fingerprint density at radius 1 is 1.32 bits per heavy atom. The van der Waals surface area contributed by atoms with Gasteiger partial charge in [-0.3, -0.25) is 9.48 Å². The van der Waals surface area contributed by atoms with Crippen LogP contribution in [0.25, 0.3) is 0 Å². The van der Waals surface area contributed by atoms with E-state index < -0.39 is 0 Å². The molecule has 0 radical (unpaired) electrons. The lowest BCUT2D eigenvalue weighted by atomic mass is 10.1. The molecule has 1 aliphatic rings. The van der Waals surface area contributed by atoms with Gasteiger partial charge in [-0.2, -0.15) is 5.10 Å². The topological polar surface area (TPSA) is 46.9 Å². The summed E-state index contributed by atoms with van der Waals surface area (Å²) >= 11 is 0. The third-order valence-electron chi connectivity index (χ3n) is 4.63. The highest BCUT2D eigenvalue weighted by Gasteiger charge is 2.43. The van der Waals surface area contributed by atoms with Crippen LogP contribution in [0.1, 0.15) is 41.8 Å². The molecule has 4 nitrogen and oxygen atoms in total. The summed E-state index contributed by atoms with van der Waals surface area (Å²) in [5.74, 6) is 0.683. The molecule has 0 bridgehead atoms. The fourth-order valence-corrected chi connectivity index (χ4v) is 3.16. The number of nitrogens with one attached hydrogen (secondary N) is 1. The van der Waals surface area contributed by atoms with Crippen molar-refractivity contribution in [2.24, 2.45) is 5.92 Å². The molecule has 4 heteroatoms. The molecule has 2 unspecified atom stereocenters. The zero-order valence-corrected chi connectivity index (χ0v) is 13.5. The van der Waals surface area contributed by atoms with Crippen molar-refractivity contribution in [2.45, 2.75) is 46.2 Å². The SMILES string of the molecule is CCn1nc(C)c(CNC(=O)C2CC2c2ccccc2)c1C. The number of amides is 1. The minimum atomic E-state index is 0.129. The Balaban J connectivity index is 1.59. The largest absolute Gasteiger partial charge is 0.352 e. The summed E-state index contributed by atoms with van der Waals surface area (Å²) in [6.07, 6.45) is 0.960. The van der Waals surface area contributed by atoms with Crippen LogP contribution >= 0.6 is 0 Å². The lowest BCUT2D eigenvalue weighted by Gasteiger charge is -2.06. The van der Waals surface area contributed by atoms with Gasteiger partial charge in [-0.25, -0.2) is 0 Å². The van der Waals surface area contributed by atoms with Crippen LogP contribution < -0.4 is 5.32 Å². The molecule has 1 aliphatic carbocycles. The van der Waals surface area contributed by atoms with Crippen molar-refractivity contribution < 1.29 is 4.79 Å². The molecule has 1 amide bonds. The van der Waals surface area contributed by atoms with E-state index in [4.69, 9.17) is 0 Å². The van der Waals surface area contributed by atoms with Crippen molar-refractivity contribution in [1.29, 1.82) is 0 Å². The van der Waals surface area contributed by atoms with Crippen LogP contribution in [0.4, 0.5) is 0 Å². The minimum Gasteiger partial charge on any atom is -0.352 e. The highest BCUT2D eigenvalue weighted by atomic mass is 16.2. The van der Waals surface area contributed by atoms with Crippen molar-refractivity contribution in [3.8, 4) is 0 Å². The fourth-order valence-electron chi connectivity index (χ4n) is 3.16. The number of aromatic nitrogens is 2. The summed E-state index contributed by atoms with van der Waals surface area (Å²) in [5, 5.41) is 7.58. The van der Waals surface area contributed by atoms with Crippen molar-refractivity contribution in [2.75, 3.05) is 0 Å². The van der Waals surface area contributed by atoms with Crippen LogP contribution in [0.2, 0.25) is 0 Å². The molecule has 1 aromatic heterocycles. The second kappa shape index (κ2) is 5.95. The quantitative estimate of drug-likeness (QED) is 0.922. The summed E-state index contributed by atoms with van der Waals surface area (Å²) in [5.41, 5.74) is 4.58. The van der Waals surface area contributed by atoms with E-state index >= 15 is 0 Å². The zero-order valence-electron chi connectivity index (χ0n) is 13.5. The van der Waals surface area contributed by atoms with E-state index in [1.807, 2.05) is 29.8 Å². The first-order chi connectivity index (χ1) is 10.6. The Morgan fingerprint density at radius 2 is 2.05 bits per heavy atom. The maximum absolute atomic E-state index is 12.3. The fraction of sp³-hybridized carbons (Fsp3) is 0.444. The molecular formula is C18H23N3O. The van der Waals surface area contributed by atoms with Crippen LogP contribution in [0.15, 0.2) is 30.3 Å². The summed E-state index contributed by atoms with van der Waals surface area (Å²) in [4.78, 5) is 12.3. The van der Waals surface area contributed by atoms with Crippen molar-refractivity contribution >= 4 is 5.91 Å². The maximum atomic E-state index is 12.3. The maximum Gasteiger partial charge on any atom is 0.224 e. The summed E-state index contributed by atoms with van der Waals surface area (Å²) in [7, 11) is 0. The van der Waals surface area contributed by atoms with Gasteiger partial charge in [0.05, 0.1) is 5.69 Å². The van der Waals surface area contributed by atoms with Gasteiger partial charge in [-0.05, 0) is 38.7 Å². The molecule has 116 valence electrons. The Hall–Kier alpha value is -2.10. The number of carbonyl (C=O) groups is 1. The Morgan fingerprint density at radius 3 is 2.68 bits per heavy atom. The van der Waals surface area contributed by atoms with Crippen LogP contribution in [-0.4, -0.2) is 15.7 Å². The van der Waals surface area contributed by atoms with Crippen LogP contribution in [0.3, 0.4) is 0 Å². The standard InChI is InChI=1S/C18H23N3O/c1-4-21-13(3)17(12(2)20-21)11-19-18(22)16-10-15(16)14-8-6-5-7-9-14/h5-9,15-16H,4,10-11H2,1-3H3,(H,19,22). The number of hydrogen-bond acceptors (Lipinski definition) is 2. The van der Waals surface area contributed by atoms with Gasteiger partial charge in [0, 0.05) is 30.3 Å². The average molecular weight is 297 g/mol. The molecule has 1 fully saturated rings. The zero-order chi connectivity index (χ0) is 15.7. The van der Waals surface area contributed by atoms with Gasteiger partial charge in [0.1, 0.15) is 0 Å². The lowest BCUT2D eigenvalue weighted by Crippen LogP contribution is -2.25. The molecule has 0 saturated heterocycles. The van der Waals surface area contributed by atoms with Gasteiger partial charge < -0.3 is 5.32 Å². The second-order valence-corrected chi connectivity index (χ2v) is 6.04. The molecule has 1 N–H and O–H groups in total. The van der Waals surface area contributed by atoms with E-state index in [1.54, 1.807) is 0 Å². The molecule has 1 aromatic carbocycles. The highest BCUT2D eigenvalue weighted by Crippen LogP contribution is 2.47. The third-order valence-corrected chi connectivity index (χ3v) is 4.63. The number of rotatable bonds is 5. The average Bonchev–Trinajstić information content (AvgIpc) is 3.28. The van der Waals surface area contributed by atoms with Crippen LogP contribution in [0, 0.1) is 19.8 Å². The number of hydrogen-bond donors (Lipinski definition) is 1.